The van der Waals surface area contributed by atoms with E-state index in [4.69, 9.17) is 16.3 Å². The first kappa shape index (κ1) is 22.9. The highest BCUT2D eigenvalue weighted by Crippen LogP contribution is 2.36. The molecule has 1 aromatic heterocycles. The van der Waals surface area contributed by atoms with Crippen molar-refractivity contribution < 1.29 is 9.53 Å². The molecule has 4 aromatic rings. The first-order chi connectivity index (χ1) is 16.0. The fraction of sp³-hybridized carbons (Fsp3) is 0.250. The number of ether oxygens (including phenoxy) is 1. The lowest BCUT2D eigenvalue weighted by molar-refractivity contribution is -0.121. The predicted molar refractivity (Wildman–Crippen MR) is 135 cm³/mol. The van der Waals surface area contributed by atoms with Gasteiger partial charge in [-0.2, -0.15) is 0 Å². The first-order valence-electron chi connectivity index (χ1n) is 11.3. The summed E-state index contributed by atoms with van der Waals surface area (Å²) in [4.78, 5) is 16.2. The molecule has 0 aliphatic carbocycles. The van der Waals surface area contributed by atoms with E-state index in [2.05, 4.69) is 30.2 Å². The Morgan fingerprint density at radius 2 is 1.85 bits per heavy atom. The zero-order valence-corrected chi connectivity index (χ0v) is 19.7. The number of carbonyl (C=O) groups excluding carboxylic acids is 1. The Hall–Kier alpha value is -3.24. The molecule has 170 valence electrons. The maximum atomic E-state index is 12.8. The Morgan fingerprint density at radius 1 is 1.03 bits per heavy atom. The number of hydrogen-bond acceptors (Lipinski definition) is 2. The molecule has 2 N–H and O–H groups in total. The summed E-state index contributed by atoms with van der Waals surface area (Å²) in [6.07, 6.45) is 2.33. The van der Waals surface area contributed by atoms with Gasteiger partial charge in [0.15, 0.2) is 0 Å². The highest BCUT2D eigenvalue weighted by molar-refractivity contribution is 6.31. The van der Waals surface area contributed by atoms with Crippen LogP contribution in [0, 0.1) is 5.92 Å². The highest BCUT2D eigenvalue weighted by atomic mass is 35.5. The van der Waals surface area contributed by atoms with Gasteiger partial charge in [-0.25, -0.2) is 0 Å². The molecule has 0 aliphatic rings. The Balaban J connectivity index is 1.64. The molecule has 1 amide bonds. The van der Waals surface area contributed by atoms with Crippen LogP contribution in [-0.2, 0) is 11.4 Å². The minimum Gasteiger partial charge on any atom is -0.489 e. The first-order valence-corrected chi connectivity index (χ1v) is 11.7. The normalized spacial score (nSPS) is 12.1. The average molecular weight is 461 g/mol. The number of fused-ring (bicyclic) bond motifs is 1. The van der Waals surface area contributed by atoms with Crippen LogP contribution in [-0.4, -0.2) is 17.4 Å². The summed E-state index contributed by atoms with van der Waals surface area (Å²) < 4.78 is 6.06. The largest absolute Gasteiger partial charge is 0.489 e. The second-order valence-electron chi connectivity index (χ2n) is 8.74. The molecule has 0 saturated heterocycles. The predicted octanol–water partition coefficient (Wildman–Crippen LogP) is 6.69. The van der Waals surface area contributed by atoms with E-state index >= 15 is 0 Å². The van der Waals surface area contributed by atoms with Crippen molar-refractivity contribution in [1.29, 1.82) is 0 Å². The second kappa shape index (κ2) is 10.6. The van der Waals surface area contributed by atoms with Gasteiger partial charge in [-0.1, -0.05) is 67.9 Å². The van der Waals surface area contributed by atoms with Crippen molar-refractivity contribution in [2.24, 2.45) is 5.92 Å². The van der Waals surface area contributed by atoms with Gasteiger partial charge in [-0.3, -0.25) is 4.79 Å². The third kappa shape index (κ3) is 5.96. The molecule has 4 rings (SSSR count). The number of halogens is 1. The van der Waals surface area contributed by atoms with Crippen LogP contribution in [0.2, 0.25) is 5.02 Å². The van der Waals surface area contributed by atoms with Gasteiger partial charge in [0.1, 0.15) is 12.4 Å². The second-order valence-corrected chi connectivity index (χ2v) is 9.17. The summed E-state index contributed by atoms with van der Waals surface area (Å²) in [6.45, 7) is 5.33. The average Bonchev–Trinajstić information content (AvgIpc) is 3.23. The van der Waals surface area contributed by atoms with E-state index in [1.54, 1.807) is 0 Å². The van der Waals surface area contributed by atoms with E-state index in [0.717, 1.165) is 33.3 Å². The number of benzene rings is 3. The van der Waals surface area contributed by atoms with E-state index in [-0.39, 0.29) is 11.8 Å². The van der Waals surface area contributed by atoms with E-state index < -0.39 is 0 Å². The number of aromatic amines is 1. The van der Waals surface area contributed by atoms with Crippen molar-refractivity contribution in [1.82, 2.24) is 10.3 Å². The SMILES string of the molecule is CC(C)CNC(=O)CC(c1cccc(OCc2ccccc2)c1)c1c[nH]c2ccc(Cl)cc12. The highest BCUT2D eigenvalue weighted by Gasteiger charge is 2.22. The summed E-state index contributed by atoms with van der Waals surface area (Å²) in [5.41, 5.74) is 4.19. The molecule has 3 aromatic carbocycles. The quantitative estimate of drug-likeness (QED) is 0.292. The number of amides is 1. The molecule has 0 spiro atoms. The van der Waals surface area contributed by atoms with Crippen LogP contribution in [0.25, 0.3) is 10.9 Å². The molecule has 4 nitrogen and oxygen atoms in total. The van der Waals surface area contributed by atoms with Gasteiger partial charge in [0, 0.05) is 41.0 Å². The standard InChI is InChI=1S/C28H29ClN2O2/c1-19(2)16-31-28(32)15-24(26-17-30-27-12-11-22(29)14-25(26)27)21-9-6-10-23(13-21)33-18-20-7-4-3-5-8-20/h3-14,17,19,24,30H,15-16,18H2,1-2H3,(H,31,32). The van der Waals surface area contributed by atoms with Crippen LogP contribution in [0.15, 0.2) is 79.0 Å². The van der Waals surface area contributed by atoms with Gasteiger partial charge in [-0.05, 0) is 52.9 Å². The number of hydrogen-bond donors (Lipinski definition) is 2. The zero-order chi connectivity index (χ0) is 23.2. The molecular weight excluding hydrogens is 432 g/mol. The smallest absolute Gasteiger partial charge is 0.220 e. The third-order valence-corrected chi connectivity index (χ3v) is 5.89. The van der Waals surface area contributed by atoms with Crippen molar-refractivity contribution in [2.45, 2.75) is 32.8 Å². The van der Waals surface area contributed by atoms with Crippen LogP contribution in [0.3, 0.4) is 0 Å². The van der Waals surface area contributed by atoms with Gasteiger partial charge < -0.3 is 15.0 Å². The molecule has 0 radical (unpaired) electrons. The molecule has 0 saturated carbocycles. The summed E-state index contributed by atoms with van der Waals surface area (Å²) in [6, 6.07) is 23.9. The molecule has 1 atom stereocenters. The van der Waals surface area contributed by atoms with Gasteiger partial charge in [0.05, 0.1) is 0 Å². The lowest BCUT2D eigenvalue weighted by Gasteiger charge is -2.19. The summed E-state index contributed by atoms with van der Waals surface area (Å²) in [5, 5.41) is 4.76. The van der Waals surface area contributed by atoms with Gasteiger partial charge >= 0.3 is 0 Å². The Morgan fingerprint density at radius 3 is 2.64 bits per heavy atom. The molecule has 0 aliphatic heterocycles. The van der Waals surface area contributed by atoms with Gasteiger partial charge in [0.25, 0.3) is 0 Å². The Labute approximate surface area is 199 Å². The Bertz CT molecular complexity index is 1220. The van der Waals surface area contributed by atoms with Crippen molar-refractivity contribution in [3.63, 3.8) is 0 Å². The van der Waals surface area contributed by atoms with E-state index in [1.807, 2.05) is 72.9 Å². The monoisotopic (exact) mass is 460 g/mol. The minimum absolute atomic E-state index is 0.0284. The summed E-state index contributed by atoms with van der Waals surface area (Å²) >= 11 is 6.30. The van der Waals surface area contributed by atoms with Crippen LogP contribution < -0.4 is 10.1 Å². The van der Waals surface area contributed by atoms with E-state index in [1.165, 1.54) is 0 Å². The molecule has 0 fully saturated rings. The lowest BCUT2D eigenvalue weighted by atomic mass is 9.87. The van der Waals surface area contributed by atoms with Crippen LogP contribution in [0.5, 0.6) is 5.75 Å². The summed E-state index contributed by atoms with van der Waals surface area (Å²) in [7, 11) is 0. The number of aromatic nitrogens is 1. The number of rotatable bonds is 9. The molecule has 0 bridgehead atoms. The Kier molecular flexibility index (Phi) is 7.36. The number of H-pyrrole nitrogens is 1. The maximum absolute atomic E-state index is 12.8. The van der Waals surface area contributed by atoms with Crippen molar-refractivity contribution in [2.75, 3.05) is 6.54 Å². The van der Waals surface area contributed by atoms with Crippen molar-refractivity contribution in [3.05, 3.63) is 101 Å². The topological polar surface area (TPSA) is 54.1 Å². The number of nitrogens with one attached hydrogen (secondary N) is 2. The van der Waals surface area contributed by atoms with Gasteiger partial charge in [0.2, 0.25) is 5.91 Å². The molecule has 33 heavy (non-hydrogen) atoms. The lowest BCUT2D eigenvalue weighted by Crippen LogP contribution is -2.28. The fourth-order valence-corrected chi connectivity index (χ4v) is 4.12. The van der Waals surface area contributed by atoms with Crippen LogP contribution in [0.1, 0.15) is 42.9 Å². The van der Waals surface area contributed by atoms with Gasteiger partial charge in [-0.15, -0.1) is 0 Å². The molecule has 1 unspecified atom stereocenters. The summed E-state index contributed by atoms with van der Waals surface area (Å²) in [5.74, 6) is 1.07. The number of carbonyl (C=O) groups is 1. The van der Waals surface area contributed by atoms with E-state index in [9.17, 15) is 4.79 Å². The molecule has 1 heterocycles. The molecule has 5 heteroatoms. The van der Waals surface area contributed by atoms with Crippen molar-refractivity contribution in [3.8, 4) is 5.75 Å². The fourth-order valence-electron chi connectivity index (χ4n) is 3.95. The minimum atomic E-state index is -0.135. The zero-order valence-electron chi connectivity index (χ0n) is 19.0. The van der Waals surface area contributed by atoms with Crippen LogP contribution in [0.4, 0.5) is 0 Å². The van der Waals surface area contributed by atoms with Crippen LogP contribution >= 0.6 is 11.6 Å². The maximum Gasteiger partial charge on any atom is 0.220 e. The van der Waals surface area contributed by atoms with E-state index in [0.29, 0.717) is 30.5 Å². The molecular formula is C28H29ClN2O2. The third-order valence-electron chi connectivity index (χ3n) is 5.66. The van der Waals surface area contributed by atoms with Crippen molar-refractivity contribution >= 4 is 28.4 Å².